The maximum atomic E-state index is 5.96. The zero-order chi connectivity index (χ0) is 18.9. The molecule has 156 valence electrons. The second-order valence-corrected chi connectivity index (χ2v) is 7.31. The van der Waals surface area contributed by atoms with E-state index in [-0.39, 0.29) is 24.0 Å². The molecule has 0 radical (unpaired) electrons. The van der Waals surface area contributed by atoms with Crippen molar-refractivity contribution >= 4 is 35.6 Å². The summed E-state index contributed by atoms with van der Waals surface area (Å²) in [5, 5.41) is 6.73. The third-order valence-electron chi connectivity index (χ3n) is 5.14. The van der Waals surface area contributed by atoms with Gasteiger partial charge in [-0.15, -0.1) is 24.0 Å². The van der Waals surface area contributed by atoms with Crippen LogP contribution in [-0.2, 0) is 11.2 Å². The van der Waals surface area contributed by atoms with Crippen molar-refractivity contribution in [3.05, 3.63) is 35.8 Å². The Morgan fingerprint density at radius 1 is 1.25 bits per heavy atom. The van der Waals surface area contributed by atoms with Crippen molar-refractivity contribution < 1.29 is 4.74 Å². The summed E-state index contributed by atoms with van der Waals surface area (Å²) in [5.41, 5.74) is 3.32. The van der Waals surface area contributed by atoms with Crippen LogP contribution in [0.5, 0.6) is 0 Å². The van der Waals surface area contributed by atoms with E-state index in [2.05, 4.69) is 45.3 Å². The number of rotatable bonds is 8. The fraction of sp³-hybridized carbons (Fsp3) is 0.619. The lowest BCUT2D eigenvalue weighted by Gasteiger charge is -2.22. The van der Waals surface area contributed by atoms with E-state index in [4.69, 9.17) is 9.72 Å². The van der Waals surface area contributed by atoms with Crippen LogP contribution < -0.4 is 10.6 Å². The van der Waals surface area contributed by atoms with E-state index < -0.39 is 0 Å². The lowest BCUT2D eigenvalue weighted by atomic mass is 9.98. The van der Waals surface area contributed by atoms with Gasteiger partial charge in [0.05, 0.1) is 11.8 Å². The summed E-state index contributed by atoms with van der Waals surface area (Å²) in [7, 11) is 1.81. The van der Waals surface area contributed by atoms with Gasteiger partial charge in [-0.25, -0.2) is 4.98 Å². The molecule has 2 N–H and O–H groups in total. The van der Waals surface area contributed by atoms with Gasteiger partial charge in [-0.1, -0.05) is 25.3 Å². The fourth-order valence-electron chi connectivity index (χ4n) is 3.62. The molecule has 6 nitrogen and oxygen atoms in total. The van der Waals surface area contributed by atoms with Gasteiger partial charge in [-0.3, -0.25) is 4.99 Å². The molecule has 0 amide bonds. The number of guanidine groups is 1. The van der Waals surface area contributed by atoms with Crippen molar-refractivity contribution in [3.8, 4) is 0 Å². The molecule has 2 aromatic heterocycles. The average Bonchev–Trinajstić information content (AvgIpc) is 3.11. The Balaban J connectivity index is 0.00000280. The number of aromatic nitrogens is 2. The van der Waals surface area contributed by atoms with Crippen LogP contribution in [0.25, 0.3) is 5.65 Å². The maximum Gasteiger partial charge on any atom is 0.190 e. The van der Waals surface area contributed by atoms with E-state index in [1.165, 1.54) is 37.7 Å². The standard InChI is InChI=1S/C21H33N5O.HI/c1-17-8-6-14-26-16-18(25-20(17)26)11-13-24-21(22-2)23-12-7-15-27-19-9-4-3-5-10-19;/h6,8,14,16,19H,3-5,7,9-13,15H2,1-2H3,(H2,22,23,24);1H. The second kappa shape index (κ2) is 12.3. The van der Waals surface area contributed by atoms with Crippen molar-refractivity contribution in [2.24, 2.45) is 4.99 Å². The van der Waals surface area contributed by atoms with Crippen molar-refractivity contribution in [2.45, 2.75) is 58.0 Å². The number of hydrogen-bond donors (Lipinski definition) is 2. The fourth-order valence-corrected chi connectivity index (χ4v) is 3.62. The summed E-state index contributed by atoms with van der Waals surface area (Å²) >= 11 is 0. The maximum absolute atomic E-state index is 5.96. The number of aryl methyl sites for hydroxylation is 1. The smallest absolute Gasteiger partial charge is 0.190 e. The monoisotopic (exact) mass is 499 g/mol. The van der Waals surface area contributed by atoms with Crippen LogP contribution in [0.1, 0.15) is 49.8 Å². The van der Waals surface area contributed by atoms with Gasteiger partial charge < -0.3 is 19.8 Å². The topological polar surface area (TPSA) is 63.0 Å². The summed E-state index contributed by atoms with van der Waals surface area (Å²) in [6.07, 6.45) is 13.0. The summed E-state index contributed by atoms with van der Waals surface area (Å²) < 4.78 is 8.05. The molecule has 0 bridgehead atoms. The van der Waals surface area contributed by atoms with Gasteiger partial charge in [0.15, 0.2) is 5.96 Å². The van der Waals surface area contributed by atoms with Gasteiger partial charge >= 0.3 is 0 Å². The first kappa shape index (κ1) is 22.9. The average molecular weight is 499 g/mol. The van der Waals surface area contributed by atoms with Crippen LogP contribution in [-0.4, -0.2) is 48.2 Å². The number of halogens is 1. The molecule has 0 aromatic carbocycles. The van der Waals surface area contributed by atoms with Gasteiger partial charge in [0.2, 0.25) is 0 Å². The largest absolute Gasteiger partial charge is 0.378 e. The molecular weight excluding hydrogens is 465 g/mol. The normalized spacial score (nSPS) is 15.4. The highest BCUT2D eigenvalue weighted by Crippen LogP contribution is 2.20. The van der Waals surface area contributed by atoms with Gasteiger partial charge in [0.1, 0.15) is 5.65 Å². The zero-order valence-corrected chi connectivity index (χ0v) is 19.4. The molecule has 1 aliphatic rings. The summed E-state index contributed by atoms with van der Waals surface area (Å²) in [5.74, 6) is 0.840. The zero-order valence-electron chi connectivity index (χ0n) is 17.1. The Kier molecular flexibility index (Phi) is 10.0. The van der Waals surface area contributed by atoms with Gasteiger partial charge in [-0.05, 0) is 37.8 Å². The first-order chi connectivity index (χ1) is 13.3. The van der Waals surface area contributed by atoms with Crippen LogP contribution >= 0.6 is 24.0 Å². The minimum absolute atomic E-state index is 0. The molecule has 0 spiro atoms. The summed E-state index contributed by atoms with van der Waals surface area (Å²) in [6.45, 7) is 4.60. The van der Waals surface area contributed by atoms with Crippen LogP contribution in [0.4, 0.5) is 0 Å². The van der Waals surface area contributed by atoms with E-state index in [1.807, 2.05) is 13.2 Å². The van der Waals surface area contributed by atoms with Gasteiger partial charge in [0.25, 0.3) is 0 Å². The number of ether oxygens (including phenoxy) is 1. The number of fused-ring (bicyclic) bond motifs is 1. The molecule has 0 atom stereocenters. The number of pyridine rings is 1. The number of nitrogens with one attached hydrogen (secondary N) is 2. The first-order valence-corrected chi connectivity index (χ1v) is 10.3. The van der Waals surface area contributed by atoms with Crippen LogP contribution in [0, 0.1) is 6.92 Å². The van der Waals surface area contributed by atoms with Crippen molar-refractivity contribution in [1.29, 1.82) is 0 Å². The predicted molar refractivity (Wildman–Crippen MR) is 126 cm³/mol. The molecule has 0 aliphatic heterocycles. The lowest BCUT2D eigenvalue weighted by Crippen LogP contribution is -2.39. The summed E-state index contributed by atoms with van der Waals surface area (Å²) in [4.78, 5) is 9.00. The minimum Gasteiger partial charge on any atom is -0.378 e. The number of nitrogens with zero attached hydrogens (tertiary/aromatic N) is 3. The molecule has 1 aliphatic carbocycles. The Bertz CT molecular complexity index is 739. The Morgan fingerprint density at radius 2 is 2.04 bits per heavy atom. The Hall–Kier alpha value is -1.35. The van der Waals surface area contributed by atoms with Crippen LogP contribution in [0.3, 0.4) is 0 Å². The van der Waals surface area contributed by atoms with Gasteiger partial charge in [-0.2, -0.15) is 0 Å². The van der Waals surface area contributed by atoms with E-state index in [0.717, 1.165) is 49.8 Å². The van der Waals surface area contributed by atoms with E-state index in [1.54, 1.807) is 0 Å². The second-order valence-electron chi connectivity index (χ2n) is 7.31. The molecule has 0 unspecified atom stereocenters. The predicted octanol–water partition coefficient (Wildman–Crippen LogP) is 3.71. The third kappa shape index (κ3) is 6.92. The number of aliphatic imine (C=N–C) groups is 1. The molecule has 2 heterocycles. The Morgan fingerprint density at radius 3 is 2.79 bits per heavy atom. The highest BCUT2D eigenvalue weighted by molar-refractivity contribution is 14.0. The van der Waals surface area contributed by atoms with Gasteiger partial charge in [0, 0.05) is 45.6 Å². The molecule has 1 fully saturated rings. The van der Waals surface area contributed by atoms with E-state index >= 15 is 0 Å². The number of imidazole rings is 1. The molecule has 2 aromatic rings. The van der Waals surface area contributed by atoms with E-state index in [0.29, 0.717) is 6.10 Å². The van der Waals surface area contributed by atoms with Crippen molar-refractivity contribution in [3.63, 3.8) is 0 Å². The molecule has 7 heteroatoms. The minimum atomic E-state index is 0. The molecule has 28 heavy (non-hydrogen) atoms. The van der Waals surface area contributed by atoms with Crippen LogP contribution in [0.15, 0.2) is 29.5 Å². The highest BCUT2D eigenvalue weighted by atomic mass is 127. The molecule has 3 rings (SSSR count). The third-order valence-corrected chi connectivity index (χ3v) is 5.14. The van der Waals surface area contributed by atoms with E-state index in [9.17, 15) is 0 Å². The molecule has 0 saturated heterocycles. The highest BCUT2D eigenvalue weighted by Gasteiger charge is 2.13. The van der Waals surface area contributed by atoms with Crippen molar-refractivity contribution in [1.82, 2.24) is 20.0 Å². The van der Waals surface area contributed by atoms with Crippen molar-refractivity contribution in [2.75, 3.05) is 26.7 Å². The first-order valence-electron chi connectivity index (χ1n) is 10.3. The summed E-state index contributed by atoms with van der Waals surface area (Å²) in [6, 6.07) is 4.14. The SMILES string of the molecule is CN=C(NCCCOC1CCCCC1)NCCc1cn2cccc(C)c2n1.I. The van der Waals surface area contributed by atoms with Crippen LogP contribution in [0.2, 0.25) is 0 Å². The lowest BCUT2D eigenvalue weighted by molar-refractivity contribution is 0.0277. The quantitative estimate of drug-likeness (QED) is 0.252. The Labute approximate surface area is 185 Å². The number of hydrogen-bond acceptors (Lipinski definition) is 3. The molecule has 1 saturated carbocycles. The molecular formula is C21H34IN5O.